The Morgan fingerprint density at radius 2 is 1.96 bits per heavy atom. The van der Waals surface area contributed by atoms with Crippen LogP contribution in [-0.2, 0) is 9.59 Å². The Kier molecular flexibility index (Phi) is 5.91. The maximum atomic E-state index is 12.8. The van der Waals surface area contributed by atoms with Crippen molar-refractivity contribution in [3.8, 4) is 0 Å². The molecule has 0 saturated carbocycles. The monoisotopic (exact) mass is 357 g/mol. The average Bonchev–Trinajstić information content (AvgIpc) is 3.11. The molecule has 2 aliphatic rings. The lowest BCUT2D eigenvalue weighted by molar-refractivity contribution is -0.126. The number of hydrogen-bond acceptors (Lipinski definition) is 3. The zero-order chi connectivity index (χ0) is 18.5. The van der Waals surface area contributed by atoms with Crippen molar-refractivity contribution in [3.05, 3.63) is 29.8 Å². The number of carbonyl (C=O) groups is 3. The van der Waals surface area contributed by atoms with Crippen LogP contribution in [0.2, 0.25) is 0 Å². The minimum absolute atomic E-state index is 0.000782. The molecule has 6 nitrogen and oxygen atoms in total. The van der Waals surface area contributed by atoms with Crippen LogP contribution in [0.3, 0.4) is 0 Å². The maximum absolute atomic E-state index is 12.8. The van der Waals surface area contributed by atoms with Gasteiger partial charge < -0.3 is 15.1 Å². The third kappa shape index (κ3) is 4.06. The van der Waals surface area contributed by atoms with E-state index in [1.807, 2.05) is 30.0 Å². The molecule has 2 fully saturated rings. The van der Waals surface area contributed by atoms with Crippen molar-refractivity contribution in [1.29, 1.82) is 0 Å². The van der Waals surface area contributed by atoms with Gasteiger partial charge in [-0.2, -0.15) is 0 Å². The molecule has 0 spiro atoms. The van der Waals surface area contributed by atoms with Gasteiger partial charge in [0.2, 0.25) is 11.8 Å². The van der Waals surface area contributed by atoms with Gasteiger partial charge in [-0.3, -0.25) is 14.4 Å². The fourth-order valence-electron chi connectivity index (χ4n) is 3.65. The molecule has 140 valence electrons. The predicted octanol–water partition coefficient (Wildman–Crippen LogP) is 2.19. The van der Waals surface area contributed by atoms with E-state index in [1.165, 1.54) is 0 Å². The van der Waals surface area contributed by atoms with Crippen molar-refractivity contribution in [2.75, 3.05) is 31.1 Å². The number of amides is 3. The van der Waals surface area contributed by atoms with E-state index in [2.05, 4.69) is 5.32 Å². The predicted molar refractivity (Wildman–Crippen MR) is 100.0 cm³/mol. The lowest BCUT2D eigenvalue weighted by Gasteiger charge is -2.31. The van der Waals surface area contributed by atoms with E-state index in [0.29, 0.717) is 44.5 Å². The number of benzene rings is 1. The summed E-state index contributed by atoms with van der Waals surface area (Å²) in [5.74, 6) is 0.201. The van der Waals surface area contributed by atoms with Gasteiger partial charge in [0.1, 0.15) is 0 Å². The molecule has 1 aromatic carbocycles. The third-order valence-corrected chi connectivity index (χ3v) is 5.18. The minimum atomic E-state index is -0.0223. The Labute approximate surface area is 154 Å². The molecule has 0 aliphatic carbocycles. The first-order chi connectivity index (χ1) is 12.6. The van der Waals surface area contributed by atoms with Crippen LogP contribution in [0.1, 0.15) is 49.4 Å². The number of carbonyl (C=O) groups excluding carboxylic acids is 3. The summed E-state index contributed by atoms with van der Waals surface area (Å²) in [4.78, 5) is 40.4. The Bertz CT molecular complexity index is 681. The van der Waals surface area contributed by atoms with Crippen molar-refractivity contribution in [2.45, 2.75) is 39.0 Å². The SMILES string of the molecule is CCCNC(=O)C1CCN(C(=O)c2cccc(N3CCCC3=O)c2)CC1. The number of piperidine rings is 1. The van der Waals surface area contributed by atoms with Gasteiger partial charge in [0.05, 0.1) is 0 Å². The van der Waals surface area contributed by atoms with Crippen LogP contribution in [0.25, 0.3) is 0 Å². The maximum Gasteiger partial charge on any atom is 0.253 e. The molecule has 1 aromatic rings. The van der Waals surface area contributed by atoms with Crippen molar-refractivity contribution in [2.24, 2.45) is 5.92 Å². The molecule has 6 heteroatoms. The number of nitrogens with one attached hydrogen (secondary N) is 1. The van der Waals surface area contributed by atoms with Gasteiger partial charge in [0.15, 0.2) is 0 Å². The first-order valence-electron chi connectivity index (χ1n) is 9.57. The smallest absolute Gasteiger partial charge is 0.253 e. The molecule has 26 heavy (non-hydrogen) atoms. The van der Waals surface area contributed by atoms with Crippen molar-refractivity contribution in [1.82, 2.24) is 10.2 Å². The standard InChI is InChI=1S/C20H27N3O3/c1-2-10-21-19(25)15-8-12-22(13-9-15)20(26)16-5-3-6-17(14-16)23-11-4-7-18(23)24/h3,5-6,14-15H,2,4,7-13H2,1H3,(H,21,25). The number of anilines is 1. The molecule has 1 N–H and O–H groups in total. The van der Waals surface area contributed by atoms with Gasteiger partial charge in [0, 0.05) is 49.8 Å². The summed E-state index contributed by atoms with van der Waals surface area (Å²) < 4.78 is 0. The summed E-state index contributed by atoms with van der Waals surface area (Å²) in [5, 5.41) is 2.94. The molecule has 2 heterocycles. The van der Waals surface area contributed by atoms with Gasteiger partial charge in [-0.05, 0) is 43.9 Å². The molecule has 0 radical (unpaired) electrons. The van der Waals surface area contributed by atoms with E-state index in [9.17, 15) is 14.4 Å². The van der Waals surface area contributed by atoms with Crippen LogP contribution in [-0.4, -0.2) is 48.8 Å². The van der Waals surface area contributed by atoms with Crippen LogP contribution in [0.5, 0.6) is 0 Å². The molecule has 3 rings (SSSR count). The van der Waals surface area contributed by atoms with Crippen LogP contribution in [0, 0.1) is 5.92 Å². The highest BCUT2D eigenvalue weighted by Crippen LogP contribution is 2.24. The Morgan fingerprint density at radius 3 is 2.62 bits per heavy atom. The van der Waals surface area contributed by atoms with Crippen LogP contribution < -0.4 is 10.2 Å². The number of nitrogens with zero attached hydrogens (tertiary/aromatic N) is 2. The second-order valence-corrected chi connectivity index (χ2v) is 7.06. The summed E-state index contributed by atoms with van der Waals surface area (Å²) in [6.07, 6.45) is 3.77. The van der Waals surface area contributed by atoms with Crippen molar-refractivity contribution in [3.63, 3.8) is 0 Å². The van der Waals surface area contributed by atoms with Gasteiger partial charge in [0.25, 0.3) is 5.91 Å². The lowest BCUT2D eigenvalue weighted by Crippen LogP contribution is -2.43. The first kappa shape index (κ1) is 18.4. The fraction of sp³-hybridized carbons (Fsp3) is 0.550. The first-order valence-corrected chi connectivity index (χ1v) is 9.57. The fourth-order valence-corrected chi connectivity index (χ4v) is 3.65. The molecular formula is C20H27N3O3. The van der Waals surface area contributed by atoms with Gasteiger partial charge in [-0.1, -0.05) is 13.0 Å². The number of rotatable bonds is 5. The highest BCUT2D eigenvalue weighted by atomic mass is 16.2. The van der Waals surface area contributed by atoms with Crippen molar-refractivity contribution < 1.29 is 14.4 Å². The highest BCUT2D eigenvalue weighted by Gasteiger charge is 2.28. The third-order valence-electron chi connectivity index (χ3n) is 5.18. The largest absolute Gasteiger partial charge is 0.356 e. The highest BCUT2D eigenvalue weighted by molar-refractivity contribution is 5.99. The zero-order valence-electron chi connectivity index (χ0n) is 15.4. The molecule has 3 amide bonds. The summed E-state index contributed by atoms with van der Waals surface area (Å²) >= 11 is 0. The molecule has 0 atom stereocenters. The molecule has 2 saturated heterocycles. The Hall–Kier alpha value is -2.37. The summed E-state index contributed by atoms with van der Waals surface area (Å²) in [6.45, 7) is 4.64. The van der Waals surface area contributed by atoms with E-state index in [4.69, 9.17) is 0 Å². The number of likely N-dealkylation sites (tertiary alicyclic amines) is 1. The zero-order valence-corrected chi connectivity index (χ0v) is 15.4. The second kappa shape index (κ2) is 8.34. The molecule has 0 unspecified atom stereocenters. The average molecular weight is 357 g/mol. The normalized spacial score (nSPS) is 18.3. The van der Waals surface area contributed by atoms with Crippen LogP contribution in [0.15, 0.2) is 24.3 Å². The molecule has 2 aliphatic heterocycles. The van der Waals surface area contributed by atoms with Gasteiger partial charge >= 0.3 is 0 Å². The Balaban J connectivity index is 1.60. The molecule has 0 aromatic heterocycles. The Morgan fingerprint density at radius 1 is 1.19 bits per heavy atom. The van der Waals surface area contributed by atoms with Crippen molar-refractivity contribution >= 4 is 23.4 Å². The van der Waals surface area contributed by atoms with E-state index >= 15 is 0 Å². The van der Waals surface area contributed by atoms with E-state index in [-0.39, 0.29) is 23.6 Å². The summed E-state index contributed by atoms with van der Waals surface area (Å²) in [6, 6.07) is 7.32. The topological polar surface area (TPSA) is 69.7 Å². The summed E-state index contributed by atoms with van der Waals surface area (Å²) in [5.41, 5.74) is 1.41. The quantitative estimate of drug-likeness (QED) is 0.878. The van der Waals surface area contributed by atoms with Gasteiger partial charge in [-0.15, -0.1) is 0 Å². The number of hydrogen-bond donors (Lipinski definition) is 1. The van der Waals surface area contributed by atoms with E-state index < -0.39 is 0 Å². The minimum Gasteiger partial charge on any atom is -0.356 e. The van der Waals surface area contributed by atoms with Crippen LogP contribution >= 0.6 is 0 Å². The van der Waals surface area contributed by atoms with Crippen LogP contribution in [0.4, 0.5) is 5.69 Å². The lowest BCUT2D eigenvalue weighted by atomic mass is 9.95. The molecule has 0 bridgehead atoms. The second-order valence-electron chi connectivity index (χ2n) is 7.06. The molecular weight excluding hydrogens is 330 g/mol. The van der Waals surface area contributed by atoms with Gasteiger partial charge in [-0.25, -0.2) is 0 Å². The summed E-state index contributed by atoms with van der Waals surface area (Å²) in [7, 11) is 0. The van der Waals surface area contributed by atoms with E-state index in [0.717, 1.165) is 25.1 Å². The van der Waals surface area contributed by atoms with E-state index in [1.54, 1.807) is 11.0 Å².